The number of aromatic nitrogens is 3. The molecule has 4 heterocycles. The van der Waals surface area contributed by atoms with Gasteiger partial charge in [0.05, 0.1) is 30.0 Å². The number of pyridine rings is 1. The molecule has 0 unspecified atom stereocenters. The van der Waals surface area contributed by atoms with Gasteiger partial charge in [0.25, 0.3) is 11.5 Å². The summed E-state index contributed by atoms with van der Waals surface area (Å²) in [7, 11) is 0. The third-order valence-corrected chi connectivity index (χ3v) is 7.25. The lowest BCUT2D eigenvalue weighted by Gasteiger charge is -2.35. The highest BCUT2D eigenvalue weighted by molar-refractivity contribution is 5.94. The second kappa shape index (κ2) is 11.2. The van der Waals surface area contributed by atoms with Gasteiger partial charge in [0.15, 0.2) is 0 Å². The Hall–Kier alpha value is -4.90. The number of aromatic amines is 1. The summed E-state index contributed by atoms with van der Waals surface area (Å²) in [5, 5.41) is 15.4. The van der Waals surface area contributed by atoms with Crippen LogP contribution in [0.1, 0.15) is 27.9 Å². The number of hydrogen-bond donors (Lipinski definition) is 1. The number of nitrogens with one attached hydrogen (secondary N) is 1. The smallest absolute Gasteiger partial charge is 0.269 e. The number of benzene rings is 1. The average molecular weight is 525 g/mol. The first-order valence-corrected chi connectivity index (χ1v) is 12.8. The lowest BCUT2D eigenvalue weighted by molar-refractivity contribution is 0.0746. The Kier molecular flexibility index (Phi) is 7.41. The van der Waals surface area contributed by atoms with Crippen LogP contribution in [0.2, 0.25) is 0 Å². The van der Waals surface area contributed by atoms with Crippen molar-refractivity contribution in [1.82, 2.24) is 20.1 Å². The normalized spacial score (nSPS) is 18.9. The third-order valence-electron chi connectivity index (χ3n) is 7.25. The molecular formula is C28H28N8O3. The molecule has 1 amide bonds. The van der Waals surface area contributed by atoms with Gasteiger partial charge in [0, 0.05) is 49.9 Å². The van der Waals surface area contributed by atoms with E-state index in [0.29, 0.717) is 73.9 Å². The van der Waals surface area contributed by atoms with Crippen molar-refractivity contribution in [3.05, 3.63) is 87.3 Å². The molecule has 2 saturated heterocycles. The highest BCUT2D eigenvalue weighted by Gasteiger charge is 2.37. The minimum absolute atomic E-state index is 0.0614. The molecule has 11 heteroatoms. The molecule has 0 aliphatic carbocycles. The summed E-state index contributed by atoms with van der Waals surface area (Å²) in [5.74, 6) is 1.31. The molecule has 198 valence electrons. The average Bonchev–Trinajstić information content (AvgIpc) is 3.40. The van der Waals surface area contributed by atoms with Gasteiger partial charge in [-0.1, -0.05) is 6.07 Å². The van der Waals surface area contributed by atoms with E-state index in [2.05, 4.69) is 31.0 Å². The Morgan fingerprint density at radius 1 is 1.23 bits per heavy atom. The highest BCUT2D eigenvalue weighted by atomic mass is 16.5. The van der Waals surface area contributed by atoms with Crippen molar-refractivity contribution >= 4 is 17.4 Å². The van der Waals surface area contributed by atoms with Crippen LogP contribution < -0.4 is 20.1 Å². The molecule has 1 N–H and O–H groups in total. The monoisotopic (exact) mass is 524 g/mol. The zero-order valence-electron chi connectivity index (χ0n) is 21.6. The number of hydrogen-bond acceptors (Lipinski definition) is 8. The van der Waals surface area contributed by atoms with Crippen LogP contribution >= 0.6 is 0 Å². The lowest BCUT2D eigenvalue weighted by Crippen LogP contribution is -2.49. The van der Waals surface area contributed by atoms with Gasteiger partial charge >= 0.3 is 0 Å². The van der Waals surface area contributed by atoms with Gasteiger partial charge in [-0.05, 0) is 37.3 Å². The molecule has 1 aromatic carbocycles. The zero-order chi connectivity index (χ0) is 27.4. The molecule has 2 aromatic heterocycles. The van der Waals surface area contributed by atoms with Crippen molar-refractivity contribution < 1.29 is 9.53 Å². The summed E-state index contributed by atoms with van der Waals surface area (Å²) in [4.78, 5) is 39.4. The van der Waals surface area contributed by atoms with Crippen LogP contribution in [-0.4, -0.2) is 77.4 Å². The van der Waals surface area contributed by atoms with E-state index in [-0.39, 0.29) is 23.6 Å². The quantitative estimate of drug-likeness (QED) is 0.487. The van der Waals surface area contributed by atoms with E-state index in [4.69, 9.17) is 16.6 Å². The maximum Gasteiger partial charge on any atom is 0.269 e. The summed E-state index contributed by atoms with van der Waals surface area (Å²) in [5.41, 5.74) is 2.08. The number of amides is 1. The molecule has 2 fully saturated rings. The Balaban J connectivity index is 1.21. The first-order valence-electron chi connectivity index (χ1n) is 12.8. The van der Waals surface area contributed by atoms with Crippen LogP contribution in [0.15, 0.2) is 53.6 Å². The molecule has 0 saturated carbocycles. The minimum atomic E-state index is -0.251. The number of anilines is 2. The molecule has 3 aromatic rings. The van der Waals surface area contributed by atoms with Crippen molar-refractivity contribution in [2.45, 2.75) is 25.4 Å². The van der Waals surface area contributed by atoms with E-state index >= 15 is 0 Å². The molecule has 2 aliphatic rings. The number of nitrogens with zero attached hydrogens (tertiary/aromatic N) is 7. The van der Waals surface area contributed by atoms with Crippen LogP contribution in [0, 0.1) is 24.8 Å². The molecular weight excluding hydrogens is 496 g/mol. The SMILES string of the molecule is [C-]#[N+][C@H]1C[C@@H](COc2cccc(C(=O)N3CCN(c4ccc(C#N)cn4)CC3)c2)N(c2cn[nH]c(=O)c2C)C1. The molecule has 2 aliphatic heterocycles. The fraction of sp³-hybridized carbons (Fsp3) is 0.357. The largest absolute Gasteiger partial charge is 0.491 e. The van der Waals surface area contributed by atoms with Crippen LogP contribution in [0.3, 0.4) is 0 Å². The minimum Gasteiger partial charge on any atom is -0.491 e. The molecule has 11 nitrogen and oxygen atoms in total. The Bertz CT molecular complexity index is 1480. The van der Waals surface area contributed by atoms with Gasteiger partial charge in [-0.2, -0.15) is 10.4 Å². The lowest BCUT2D eigenvalue weighted by atomic mass is 10.1. The van der Waals surface area contributed by atoms with E-state index in [1.807, 2.05) is 21.9 Å². The van der Waals surface area contributed by atoms with Crippen LogP contribution in [-0.2, 0) is 0 Å². The maximum atomic E-state index is 13.2. The molecule has 0 spiro atoms. The standard InChI is InChI=1S/C28H28N8O3/c1-19-25(16-32-33-27(19)37)36-17-22(30-2)13-23(36)18-39-24-5-3-4-21(12-24)28(38)35-10-8-34(9-11-35)26-7-6-20(14-29)15-31-26/h3-7,12,15-16,22-23H,8-11,13,17-18H2,1H3,(H,33,37)/t22-,23-/m0/s1. The first kappa shape index (κ1) is 25.7. The van der Waals surface area contributed by atoms with Gasteiger partial charge in [-0.3, -0.25) is 9.59 Å². The highest BCUT2D eigenvalue weighted by Crippen LogP contribution is 2.29. The van der Waals surface area contributed by atoms with Gasteiger partial charge in [0.2, 0.25) is 6.04 Å². The number of carbonyl (C=O) groups excluding carboxylic acids is 1. The number of rotatable bonds is 6. The molecule has 2 atom stereocenters. The number of nitriles is 1. The van der Waals surface area contributed by atoms with Crippen molar-refractivity contribution in [2.75, 3.05) is 49.1 Å². The zero-order valence-corrected chi connectivity index (χ0v) is 21.6. The topological polar surface area (TPSA) is 123 Å². The number of carbonyl (C=O) groups is 1. The summed E-state index contributed by atoms with van der Waals surface area (Å²) in [6.45, 7) is 12.5. The molecule has 39 heavy (non-hydrogen) atoms. The van der Waals surface area contributed by atoms with Crippen LogP contribution in [0.4, 0.5) is 11.5 Å². The molecule has 0 radical (unpaired) electrons. The summed E-state index contributed by atoms with van der Waals surface area (Å²) >= 11 is 0. The van der Waals surface area contributed by atoms with E-state index in [9.17, 15) is 9.59 Å². The fourth-order valence-electron chi connectivity index (χ4n) is 5.05. The predicted octanol–water partition coefficient (Wildman–Crippen LogP) is 2.25. The van der Waals surface area contributed by atoms with Gasteiger partial charge < -0.3 is 24.3 Å². The second-order valence-electron chi connectivity index (χ2n) is 9.67. The van der Waals surface area contributed by atoms with Crippen molar-refractivity contribution in [1.29, 1.82) is 5.26 Å². The predicted molar refractivity (Wildman–Crippen MR) is 145 cm³/mol. The Labute approximate surface area is 226 Å². The summed E-state index contributed by atoms with van der Waals surface area (Å²) in [6, 6.07) is 12.5. The fourth-order valence-corrected chi connectivity index (χ4v) is 5.05. The summed E-state index contributed by atoms with van der Waals surface area (Å²) in [6.07, 6.45) is 3.79. The third kappa shape index (κ3) is 5.53. The Morgan fingerprint density at radius 2 is 2.05 bits per heavy atom. The van der Waals surface area contributed by atoms with Gasteiger partial charge in [-0.25, -0.2) is 16.7 Å². The van der Waals surface area contributed by atoms with E-state index in [0.717, 1.165) is 5.82 Å². The number of ether oxygens (including phenoxy) is 1. The first-order chi connectivity index (χ1) is 19.0. The van der Waals surface area contributed by atoms with Crippen molar-refractivity contribution in [2.24, 2.45) is 0 Å². The number of piperazine rings is 1. The molecule has 5 rings (SSSR count). The maximum absolute atomic E-state index is 13.2. The second-order valence-corrected chi connectivity index (χ2v) is 9.67. The van der Waals surface area contributed by atoms with Gasteiger partial charge in [0.1, 0.15) is 24.2 Å². The Morgan fingerprint density at radius 3 is 2.77 bits per heavy atom. The van der Waals surface area contributed by atoms with Crippen molar-refractivity contribution in [3.63, 3.8) is 0 Å². The van der Waals surface area contributed by atoms with E-state index < -0.39 is 0 Å². The van der Waals surface area contributed by atoms with E-state index in [1.54, 1.807) is 43.6 Å². The summed E-state index contributed by atoms with van der Waals surface area (Å²) < 4.78 is 6.12. The number of H-pyrrole nitrogens is 1. The molecule has 0 bridgehead atoms. The van der Waals surface area contributed by atoms with Crippen LogP contribution in [0.25, 0.3) is 4.85 Å². The van der Waals surface area contributed by atoms with Gasteiger partial charge in [-0.15, -0.1) is 0 Å². The van der Waals surface area contributed by atoms with Crippen LogP contribution in [0.5, 0.6) is 5.75 Å². The van der Waals surface area contributed by atoms with E-state index in [1.165, 1.54) is 0 Å². The van der Waals surface area contributed by atoms with Crippen molar-refractivity contribution in [3.8, 4) is 11.8 Å².